The lowest BCUT2D eigenvalue weighted by Gasteiger charge is -1.98. The summed E-state index contributed by atoms with van der Waals surface area (Å²) in [4.78, 5) is 4.45. The third-order valence-electron chi connectivity index (χ3n) is 1.96. The van der Waals surface area contributed by atoms with Gasteiger partial charge in [0.2, 0.25) is 0 Å². The van der Waals surface area contributed by atoms with Crippen molar-refractivity contribution >= 4 is 16.3 Å². The first kappa shape index (κ1) is 9.27. The third-order valence-corrected chi connectivity index (χ3v) is 2.87. The molecule has 2 aromatic heterocycles. The highest BCUT2D eigenvalue weighted by atomic mass is 32.1. The molecule has 0 fully saturated rings. The van der Waals surface area contributed by atoms with E-state index < -0.39 is 0 Å². The van der Waals surface area contributed by atoms with E-state index in [4.69, 9.17) is 10.2 Å². The molecule has 0 bridgehead atoms. The number of aromatic nitrogens is 1. The molecule has 0 aliphatic carbocycles. The van der Waals surface area contributed by atoms with Gasteiger partial charge in [-0.3, -0.25) is 0 Å². The maximum absolute atomic E-state index is 5.86. The lowest BCUT2D eigenvalue weighted by molar-refractivity contribution is 0.581. The maximum Gasteiger partial charge on any atom is 0.162 e. The number of hydrogen-bond acceptors (Lipinski definition) is 4. The molecule has 2 heterocycles. The number of furan rings is 1. The van der Waals surface area contributed by atoms with Crippen molar-refractivity contribution < 1.29 is 4.42 Å². The average Bonchev–Trinajstić information content (AvgIpc) is 2.70. The lowest BCUT2D eigenvalue weighted by atomic mass is 10.1. The van der Waals surface area contributed by atoms with Gasteiger partial charge in [0.05, 0.1) is 12.0 Å². The number of nitrogens with two attached hydrogens (primary N) is 1. The number of anilines is 1. The molecule has 0 unspecified atom stereocenters. The fourth-order valence-corrected chi connectivity index (χ4v) is 2.22. The van der Waals surface area contributed by atoms with Gasteiger partial charge in [0.15, 0.2) is 10.8 Å². The van der Waals surface area contributed by atoms with Gasteiger partial charge in [0.1, 0.15) is 5.00 Å². The molecule has 0 amide bonds. The summed E-state index contributed by atoms with van der Waals surface area (Å²) >= 11 is 1.47. The van der Waals surface area contributed by atoms with Gasteiger partial charge < -0.3 is 10.2 Å². The quantitative estimate of drug-likeness (QED) is 0.825. The number of hydrogen-bond donors (Lipinski definition) is 1. The summed E-state index contributed by atoms with van der Waals surface area (Å²) in [5.41, 5.74) is 6.82. The van der Waals surface area contributed by atoms with Crippen molar-refractivity contribution in [3.05, 3.63) is 24.1 Å². The van der Waals surface area contributed by atoms with Crippen LogP contribution in [0.1, 0.15) is 25.5 Å². The molecular weight excluding hydrogens is 196 g/mol. The fraction of sp³-hybridized carbons (Fsp3) is 0.300. The minimum atomic E-state index is 0.356. The molecule has 0 aromatic carbocycles. The molecule has 0 radical (unpaired) electrons. The second-order valence-electron chi connectivity index (χ2n) is 3.40. The minimum absolute atomic E-state index is 0.356. The van der Waals surface area contributed by atoms with Gasteiger partial charge >= 0.3 is 0 Å². The summed E-state index contributed by atoms with van der Waals surface area (Å²) in [7, 11) is 0. The zero-order valence-corrected chi connectivity index (χ0v) is 8.97. The van der Waals surface area contributed by atoms with Crippen LogP contribution >= 0.6 is 11.3 Å². The Balaban J connectivity index is 2.43. The van der Waals surface area contributed by atoms with Gasteiger partial charge in [-0.05, 0) is 18.1 Å². The smallest absolute Gasteiger partial charge is 0.162 e. The van der Waals surface area contributed by atoms with Crippen molar-refractivity contribution in [1.82, 2.24) is 4.98 Å². The Kier molecular flexibility index (Phi) is 2.29. The molecule has 3 nitrogen and oxygen atoms in total. The Hall–Kier alpha value is -1.29. The average molecular weight is 208 g/mol. The van der Waals surface area contributed by atoms with E-state index in [1.807, 2.05) is 12.1 Å². The van der Waals surface area contributed by atoms with Crippen LogP contribution in [0.4, 0.5) is 5.00 Å². The number of nitrogens with zero attached hydrogens (tertiary/aromatic N) is 1. The largest absolute Gasteiger partial charge is 0.462 e. The highest BCUT2D eigenvalue weighted by Crippen LogP contribution is 2.33. The van der Waals surface area contributed by atoms with Gasteiger partial charge in [-0.2, -0.15) is 0 Å². The summed E-state index contributed by atoms with van der Waals surface area (Å²) in [5.74, 6) is 1.14. The second kappa shape index (κ2) is 3.46. The Morgan fingerprint density at radius 2 is 2.29 bits per heavy atom. The van der Waals surface area contributed by atoms with Crippen molar-refractivity contribution in [2.75, 3.05) is 5.73 Å². The predicted molar refractivity (Wildman–Crippen MR) is 58.3 cm³/mol. The topological polar surface area (TPSA) is 52.0 Å². The van der Waals surface area contributed by atoms with Crippen LogP contribution in [0.25, 0.3) is 10.8 Å². The monoisotopic (exact) mass is 208 g/mol. The van der Waals surface area contributed by atoms with Crippen LogP contribution in [-0.4, -0.2) is 4.98 Å². The van der Waals surface area contributed by atoms with Gasteiger partial charge in [0.25, 0.3) is 0 Å². The summed E-state index contributed by atoms with van der Waals surface area (Å²) in [6, 6.07) is 3.74. The van der Waals surface area contributed by atoms with Gasteiger partial charge in [-0.25, -0.2) is 4.98 Å². The standard InChI is InChI=1S/C10H12N2OS/c1-6(2)8-9(11)14-10(12-8)7-4-3-5-13-7/h3-6H,11H2,1-2H3. The van der Waals surface area contributed by atoms with Gasteiger partial charge in [-0.15, -0.1) is 0 Å². The molecule has 0 spiro atoms. The Morgan fingerprint density at radius 1 is 1.50 bits per heavy atom. The minimum Gasteiger partial charge on any atom is -0.462 e. The maximum atomic E-state index is 5.86. The van der Waals surface area contributed by atoms with Crippen LogP contribution in [0, 0.1) is 0 Å². The first-order valence-electron chi connectivity index (χ1n) is 4.48. The van der Waals surface area contributed by atoms with E-state index in [0.29, 0.717) is 5.92 Å². The highest BCUT2D eigenvalue weighted by molar-refractivity contribution is 7.18. The van der Waals surface area contributed by atoms with Crippen molar-refractivity contribution in [3.63, 3.8) is 0 Å². The molecule has 2 rings (SSSR count). The second-order valence-corrected chi connectivity index (χ2v) is 4.43. The van der Waals surface area contributed by atoms with E-state index in [9.17, 15) is 0 Å². The Labute approximate surface area is 86.6 Å². The number of thiazole rings is 1. The zero-order chi connectivity index (χ0) is 10.1. The molecule has 4 heteroatoms. The molecule has 0 saturated heterocycles. The van der Waals surface area contributed by atoms with Crippen LogP contribution in [0.5, 0.6) is 0 Å². The van der Waals surface area contributed by atoms with Gasteiger partial charge in [0, 0.05) is 0 Å². The van der Waals surface area contributed by atoms with E-state index in [1.165, 1.54) is 11.3 Å². The zero-order valence-electron chi connectivity index (χ0n) is 8.15. The molecule has 2 N–H and O–H groups in total. The van der Waals surface area contributed by atoms with E-state index in [2.05, 4.69) is 18.8 Å². The van der Waals surface area contributed by atoms with Crippen molar-refractivity contribution in [2.24, 2.45) is 0 Å². The molecule has 14 heavy (non-hydrogen) atoms. The van der Waals surface area contributed by atoms with Crippen LogP contribution in [0.15, 0.2) is 22.8 Å². The Bertz CT molecular complexity index is 417. The Morgan fingerprint density at radius 3 is 2.79 bits per heavy atom. The molecular formula is C10H12N2OS. The molecule has 0 saturated carbocycles. The van der Waals surface area contributed by atoms with E-state index >= 15 is 0 Å². The van der Waals surface area contributed by atoms with Crippen molar-refractivity contribution in [3.8, 4) is 10.8 Å². The van der Waals surface area contributed by atoms with Crippen molar-refractivity contribution in [1.29, 1.82) is 0 Å². The summed E-state index contributed by atoms with van der Waals surface area (Å²) in [5, 5.41) is 1.64. The summed E-state index contributed by atoms with van der Waals surface area (Å²) in [6.45, 7) is 4.16. The van der Waals surface area contributed by atoms with Crippen LogP contribution in [0.2, 0.25) is 0 Å². The van der Waals surface area contributed by atoms with Gasteiger partial charge in [-0.1, -0.05) is 25.2 Å². The van der Waals surface area contributed by atoms with Crippen molar-refractivity contribution in [2.45, 2.75) is 19.8 Å². The van der Waals surface area contributed by atoms with E-state index in [0.717, 1.165) is 21.5 Å². The third kappa shape index (κ3) is 1.53. The molecule has 0 aliphatic rings. The first-order valence-corrected chi connectivity index (χ1v) is 5.30. The number of nitrogen functional groups attached to an aromatic ring is 1. The molecule has 2 aromatic rings. The molecule has 0 atom stereocenters. The normalized spacial score (nSPS) is 11.1. The van der Waals surface area contributed by atoms with E-state index in [-0.39, 0.29) is 0 Å². The molecule has 0 aliphatic heterocycles. The van der Waals surface area contributed by atoms with Crippen LogP contribution in [0.3, 0.4) is 0 Å². The predicted octanol–water partition coefficient (Wildman–Crippen LogP) is 3.11. The van der Waals surface area contributed by atoms with E-state index in [1.54, 1.807) is 6.26 Å². The highest BCUT2D eigenvalue weighted by Gasteiger charge is 2.13. The SMILES string of the molecule is CC(C)c1nc(-c2ccco2)sc1N. The van der Waals surface area contributed by atoms with Crippen LogP contribution < -0.4 is 5.73 Å². The number of rotatable bonds is 2. The van der Waals surface area contributed by atoms with Crippen LogP contribution in [-0.2, 0) is 0 Å². The fourth-order valence-electron chi connectivity index (χ4n) is 1.26. The molecule has 74 valence electrons. The lowest BCUT2D eigenvalue weighted by Crippen LogP contribution is -1.92. The summed E-state index contributed by atoms with van der Waals surface area (Å²) in [6.07, 6.45) is 1.64. The first-order chi connectivity index (χ1) is 6.68. The summed E-state index contributed by atoms with van der Waals surface area (Å²) < 4.78 is 5.26.